The van der Waals surface area contributed by atoms with Gasteiger partial charge in [0.1, 0.15) is 5.76 Å². The molecule has 2 aromatic heterocycles. The number of hydrogen-bond donors (Lipinski definition) is 1. The van der Waals surface area contributed by atoms with Gasteiger partial charge in [-0.2, -0.15) is 0 Å². The Morgan fingerprint density at radius 3 is 2.65 bits per heavy atom. The summed E-state index contributed by atoms with van der Waals surface area (Å²) in [6.07, 6.45) is 8.64. The highest BCUT2D eigenvalue weighted by Gasteiger charge is 2.18. The molecule has 1 amide bonds. The fourth-order valence-corrected chi connectivity index (χ4v) is 3.02. The number of aromatic nitrogens is 1. The van der Waals surface area contributed by atoms with Crippen LogP contribution in [-0.4, -0.2) is 16.5 Å². The molecule has 1 N–H and O–H groups in total. The van der Waals surface area contributed by atoms with E-state index in [9.17, 15) is 9.59 Å². The minimum absolute atomic E-state index is 0.0895. The number of furan rings is 1. The predicted molar refractivity (Wildman–Crippen MR) is 87.5 cm³/mol. The molecule has 1 aliphatic carbocycles. The van der Waals surface area contributed by atoms with Crippen LogP contribution in [0.1, 0.15) is 54.8 Å². The Labute approximate surface area is 135 Å². The van der Waals surface area contributed by atoms with Crippen molar-refractivity contribution in [1.29, 1.82) is 0 Å². The van der Waals surface area contributed by atoms with Crippen LogP contribution in [0.25, 0.3) is 0 Å². The number of hydrogen-bond acceptors (Lipinski definition) is 3. The molecule has 23 heavy (non-hydrogen) atoms. The molecule has 5 nitrogen and oxygen atoms in total. The first-order valence-corrected chi connectivity index (χ1v) is 8.27. The molecule has 0 atom stereocenters. The van der Waals surface area contributed by atoms with Crippen LogP contribution in [0.5, 0.6) is 0 Å². The number of nitrogens with zero attached hydrogens (tertiary/aromatic N) is 1. The van der Waals surface area contributed by atoms with Crippen molar-refractivity contribution in [2.45, 2.75) is 51.1 Å². The zero-order valence-electron chi connectivity index (χ0n) is 13.2. The van der Waals surface area contributed by atoms with Crippen LogP contribution in [0, 0.1) is 0 Å². The van der Waals surface area contributed by atoms with Gasteiger partial charge in [0.15, 0.2) is 5.76 Å². The zero-order valence-corrected chi connectivity index (χ0v) is 13.2. The second-order valence-electron chi connectivity index (χ2n) is 6.09. The van der Waals surface area contributed by atoms with Crippen LogP contribution >= 0.6 is 0 Å². The van der Waals surface area contributed by atoms with Crippen LogP contribution in [0.3, 0.4) is 0 Å². The Morgan fingerprint density at radius 1 is 1.13 bits per heavy atom. The molecule has 0 bridgehead atoms. The lowest BCUT2D eigenvalue weighted by atomic mass is 10.1. The van der Waals surface area contributed by atoms with Gasteiger partial charge in [-0.3, -0.25) is 9.59 Å². The van der Waals surface area contributed by atoms with Crippen LogP contribution in [0.4, 0.5) is 0 Å². The third-order valence-corrected chi connectivity index (χ3v) is 4.30. The molecule has 0 radical (unpaired) electrons. The number of carbonyl (C=O) groups excluding carboxylic acids is 1. The molecule has 0 unspecified atom stereocenters. The molecule has 3 rings (SSSR count). The number of nitrogens with one attached hydrogen (secondary N) is 1. The third kappa shape index (κ3) is 4.12. The van der Waals surface area contributed by atoms with Gasteiger partial charge in [-0.25, -0.2) is 0 Å². The lowest BCUT2D eigenvalue weighted by molar-refractivity contribution is 0.0903. The summed E-state index contributed by atoms with van der Waals surface area (Å²) < 4.78 is 7.15. The van der Waals surface area contributed by atoms with Crippen LogP contribution < -0.4 is 10.9 Å². The van der Waals surface area contributed by atoms with E-state index in [1.54, 1.807) is 35.0 Å². The Hall–Kier alpha value is -2.30. The van der Waals surface area contributed by atoms with Gasteiger partial charge in [0.2, 0.25) is 0 Å². The molecule has 0 spiro atoms. The molecular formula is C18H22N2O3. The van der Waals surface area contributed by atoms with Crippen molar-refractivity contribution < 1.29 is 9.21 Å². The molecule has 5 heteroatoms. The second-order valence-corrected chi connectivity index (χ2v) is 6.09. The summed E-state index contributed by atoms with van der Waals surface area (Å²) in [6, 6.07) is 8.67. The molecule has 1 saturated carbocycles. The first-order valence-electron chi connectivity index (χ1n) is 8.27. The van der Waals surface area contributed by atoms with Crippen molar-refractivity contribution in [3.8, 4) is 0 Å². The van der Waals surface area contributed by atoms with E-state index in [2.05, 4.69) is 5.32 Å². The largest absolute Gasteiger partial charge is 0.454 e. The van der Waals surface area contributed by atoms with Crippen LogP contribution in [0.15, 0.2) is 45.7 Å². The molecule has 2 heterocycles. The SMILES string of the molecule is O=C(NC1CCCCCC1)c1ccc(Cn2ccccc2=O)o1. The monoisotopic (exact) mass is 314 g/mol. The van der Waals surface area contributed by atoms with Crippen molar-refractivity contribution >= 4 is 5.91 Å². The first kappa shape index (κ1) is 15.6. The smallest absolute Gasteiger partial charge is 0.287 e. The van der Waals surface area contributed by atoms with Gasteiger partial charge in [0, 0.05) is 18.3 Å². The van der Waals surface area contributed by atoms with Gasteiger partial charge >= 0.3 is 0 Å². The molecular weight excluding hydrogens is 292 g/mol. The Kier molecular flexibility index (Phi) is 4.95. The average Bonchev–Trinajstić information content (AvgIpc) is 2.86. The van der Waals surface area contributed by atoms with Crippen LogP contribution in [-0.2, 0) is 6.54 Å². The summed E-state index contributed by atoms with van der Waals surface area (Å²) in [5.74, 6) is 0.751. The van der Waals surface area contributed by atoms with E-state index >= 15 is 0 Å². The van der Waals surface area contributed by atoms with Gasteiger partial charge in [0.05, 0.1) is 6.54 Å². The van der Waals surface area contributed by atoms with Gasteiger partial charge < -0.3 is 14.3 Å². The van der Waals surface area contributed by atoms with Gasteiger partial charge in [0.25, 0.3) is 11.5 Å². The number of amides is 1. The normalized spacial score (nSPS) is 16.0. The van der Waals surface area contributed by atoms with Crippen molar-refractivity contribution in [3.63, 3.8) is 0 Å². The lowest BCUT2D eigenvalue weighted by Gasteiger charge is -2.15. The summed E-state index contributed by atoms with van der Waals surface area (Å²) in [6.45, 7) is 0.330. The quantitative estimate of drug-likeness (QED) is 0.883. The zero-order chi connectivity index (χ0) is 16.1. The molecule has 0 aliphatic heterocycles. The third-order valence-electron chi connectivity index (χ3n) is 4.30. The molecule has 122 valence electrons. The van der Waals surface area contributed by atoms with E-state index in [0.29, 0.717) is 18.1 Å². The lowest BCUT2D eigenvalue weighted by Crippen LogP contribution is -2.34. The maximum Gasteiger partial charge on any atom is 0.287 e. The van der Waals surface area contributed by atoms with E-state index in [1.807, 2.05) is 0 Å². The Bertz CT molecular complexity index is 709. The maximum absolute atomic E-state index is 12.3. The highest BCUT2D eigenvalue weighted by Crippen LogP contribution is 2.18. The minimum atomic E-state index is -0.163. The molecule has 1 aliphatic rings. The standard InChI is InChI=1S/C18H22N2O3/c21-17-9-5-6-12-20(17)13-15-10-11-16(23-15)18(22)19-14-7-3-1-2-4-8-14/h5-6,9-12,14H,1-4,7-8,13H2,(H,19,22). The number of carbonyl (C=O) groups is 1. The fraction of sp³-hybridized carbons (Fsp3) is 0.444. The molecule has 0 aromatic carbocycles. The van der Waals surface area contributed by atoms with E-state index in [4.69, 9.17) is 4.42 Å². The van der Waals surface area contributed by atoms with Gasteiger partial charge in [-0.05, 0) is 31.0 Å². The van der Waals surface area contributed by atoms with E-state index in [-0.39, 0.29) is 17.5 Å². The van der Waals surface area contributed by atoms with Crippen molar-refractivity contribution in [3.05, 3.63) is 58.4 Å². The number of pyridine rings is 1. The summed E-state index contributed by atoms with van der Waals surface area (Å²) in [5, 5.41) is 3.06. The molecule has 1 fully saturated rings. The molecule has 2 aromatic rings. The summed E-state index contributed by atoms with van der Waals surface area (Å²) in [5.41, 5.74) is -0.0895. The summed E-state index contributed by atoms with van der Waals surface area (Å²) >= 11 is 0. The Morgan fingerprint density at radius 2 is 1.91 bits per heavy atom. The van der Waals surface area contributed by atoms with Crippen molar-refractivity contribution in [2.24, 2.45) is 0 Å². The van der Waals surface area contributed by atoms with Crippen molar-refractivity contribution in [2.75, 3.05) is 0 Å². The number of rotatable bonds is 4. The van der Waals surface area contributed by atoms with Gasteiger partial charge in [-0.1, -0.05) is 31.7 Å². The highest BCUT2D eigenvalue weighted by atomic mass is 16.4. The summed E-state index contributed by atoms with van der Waals surface area (Å²) in [7, 11) is 0. The second kappa shape index (κ2) is 7.31. The summed E-state index contributed by atoms with van der Waals surface area (Å²) in [4.78, 5) is 24.0. The van der Waals surface area contributed by atoms with Crippen LogP contribution in [0.2, 0.25) is 0 Å². The molecule has 0 saturated heterocycles. The highest BCUT2D eigenvalue weighted by molar-refractivity contribution is 5.91. The van der Waals surface area contributed by atoms with Crippen molar-refractivity contribution in [1.82, 2.24) is 9.88 Å². The average molecular weight is 314 g/mol. The fourth-order valence-electron chi connectivity index (χ4n) is 3.02. The van der Waals surface area contributed by atoms with E-state index in [0.717, 1.165) is 12.8 Å². The Balaban J connectivity index is 1.63. The first-order chi connectivity index (χ1) is 11.2. The van der Waals surface area contributed by atoms with Gasteiger partial charge in [-0.15, -0.1) is 0 Å². The maximum atomic E-state index is 12.3. The van der Waals surface area contributed by atoms with E-state index in [1.165, 1.54) is 31.7 Å². The van der Waals surface area contributed by atoms with E-state index < -0.39 is 0 Å². The topological polar surface area (TPSA) is 64.2 Å². The minimum Gasteiger partial charge on any atom is -0.454 e. The predicted octanol–water partition coefficient (Wildman–Crippen LogP) is 2.94.